The van der Waals surface area contributed by atoms with Gasteiger partial charge in [-0.3, -0.25) is 9.52 Å². The van der Waals surface area contributed by atoms with Crippen molar-refractivity contribution in [1.82, 2.24) is 0 Å². The molecule has 1 heterocycles. The second-order valence-electron chi connectivity index (χ2n) is 7.24. The summed E-state index contributed by atoms with van der Waals surface area (Å²) in [5.41, 5.74) is 0.570. The van der Waals surface area contributed by atoms with Gasteiger partial charge in [0.25, 0.3) is 15.9 Å². The molecule has 4 rings (SSSR count). The van der Waals surface area contributed by atoms with Crippen molar-refractivity contribution in [3.05, 3.63) is 75.7 Å². The highest BCUT2D eigenvalue weighted by Gasteiger charge is 2.21. The Bertz CT molecular complexity index is 1380. The van der Waals surface area contributed by atoms with Crippen molar-refractivity contribution in [3.63, 3.8) is 0 Å². The number of halogens is 2. The number of carbonyl (C=O) groups is 2. The molecule has 0 saturated heterocycles. The van der Waals surface area contributed by atoms with Crippen LogP contribution in [0.3, 0.4) is 0 Å². The van der Waals surface area contributed by atoms with Gasteiger partial charge < -0.3 is 19.5 Å². The Balaban J connectivity index is 1.40. The standard InChI is InChI=1S/C23H18BrClN2O7S/c24-14-1-3-15(4-2-14)27-35(30,31)17-6-7-19(25)18(12-17)23(29)34-13-22(28)26-16-5-8-20-21(11-16)33-10-9-32-20/h1-8,11-12,27H,9-10,13H2,(H,26,28). The zero-order chi connectivity index (χ0) is 25.0. The maximum atomic E-state index is 12.7. The quantitative estimate of drug-likeness (QED) is 0.395. The number of carbonyl (C=O) groups excluding carboxylic acids is 2. The summed E-state index contributed by atoms with van der Waals surface area (Å²) >= 11 is 9.36. The maximum absolute atomic E-state index is 12.7. The average Bonchev–Trinajstić information content (AvgIpc) is 2.84. The molecule has 2 N–H and O–H groups in total. The van der Waals surface area contributed by atoms with Gasteiger partial charge in [0.2, 0.25) is 0 Å². The predicted octanol–water partition coefficient (Wildman–Crippen LogP) is 4.47. The minimum absolute atomic E-state index is 0.0233. The lowest BCUT2D eigenvalue weighted by molar-refractivity contribution is -0.119. The minimum Gasteiger partial charge on any atom is -0.486 e. The molecule has 0 saturated carbocycles. The van der Waals surface area contributed by atoms with Crippen LogP contribution in [0, 0.1) is 0 Å². The number of anilines is 2. The first-order chi connectivity index (χ1) is 16.7. The van der Waals surface area contributed by atoms with E-state index in [2.05, 4.69) is 26.0 Å². The summed E-state index contributed by atoms with van der Waals surface area (Å²) < 4.78 is 44.6. The van der Waals surface area contributed by atoms with Crippen LogP contribution >= 0.6 is 27.5 Å². The fraction of sp³-hybridized carbons (Fsp3) is 0.130. The molecule has 0 aromatic heterocycles. The zero-order valence-electron chi connectivity index (χ0n) is 17.9. The highest BCUT2D eigenvalue weighted by molar-refractivity contribution is 9.10. The molecule has 9 nitrogen and oxygen atoms in total. The molecule has 0 bridgehead atoms. The van der Waals surface area contributed by atoms with Crippen LogP contribution in [0.2, 0.25) is 5.02 Å². The van der Waals surface area contributed by atoms with Gasteiger partial charge in [-0.15, -0.1) is 0 Å². The number of sulfonamides is 1. The molecule has 3 aromatic rings. The van der Waals surface area contributed by atoms with Gasteiger partial charge in [0.05, 0.1) is 15.5 Å². The predicted molar refractivity (Wildman–Crippen MR) is 133 cm³/mol. The van der Waals surface area contributed by atoms with E-state index < -0.39 is 28.5 Å². The number of amides is 1. The number of hydrogen-bond donors (Lipinski definition) is 2. The fourth-order valence-corrected chi connectivity index (χ4v) is 4.63. The summed E-state index contributed by atoms with van der Waals surface area (Å²) in [5.74, 6) is -0.493. The van der Waals surface area contributed by atoms with Crippen molar-refractivity contribution in [1.29, 1.82) is 0 Å². The Morgan fingerprint density at radius 1 is 0.943 bits per heavy atom. The molecular weight excluding hydrogens is 564 g/mol. The number of benzene rings is 3. The molecule has 0 aliphatic carbocycles. The van der Waals surface area contributed by atoms with Gasteiger partial charge in [0.15, 0.2) is 18.1 Å². The highest BCUT2D eigenvalue weighted by Crippen LogP contribution is 2.32. The third-order valence-corrected chi connectivity index (χ3v) is 6.96. The van der Waals surface area contributed by atoms with E-state index in [0.717, 1.165) is 10.5 Å². The second-order valence-corrected chi connectivity index (χ2v) is 10.2. The number of fused-ring (bicyclic) bond motifs is 1. The molecule has 0 fully saturated rings. The molecule has 0 unspecified atom stereocenters. The van der Waals surface area contributed by atoms with Crippen LogP contribution in [0.15, 0.2) is 70.0 Å². The smallest absolute Gasteiger partial charge is 0.340 e. The topological polar surface area (TPSA) is 120 Å². The van der Waals surface area contributed by atoms with Gasteiger partial charge in [-0.2, -0.15) is 0 Å². The molecule has 182 valence electrons. The summed E-state index contributed by atoms with van der Waals surface area (Å²) in [7, 11) is -4.01. The number of ether oxygens (including phenoxy) is 3. The van der Waals surface area contributed by atoms with Gasteiger partial charge in [0.1, 0.15) is 13.2 Å². The van der Waals surface area contributed by atoms with E-state index in [9.17, 15) is 18.0 Å². The largest absolute Gasteiger partial charge is 0.486 e. The summed E-state index contributed by atoms with van der Waals surface area (Å²) in [5, 5.41) is 2.56. The van der Waals surface area contributed by atoms with Crippen LogP contribution in [0.25, 0.3) is 0 Å². The van der Waals surface area contributed by atoms with Crippen LogP contribution in [0.5, 0.6) is 11.5 Å². The Kier molecular flexibility index (Phi) is 7.48. The first kappa shape index (κ1) is 24.8. The Morgan fingerprint density at radius 3 is 2.37 bits per heavy atom. The van der Waals surface area contributed by atoms with Gasteiger partial charge >= 0.3 is 5.97 Å². The van der Waals surface area contributed by atoms with E-state index in [1.54, 1.807) is 42.5 Å². The van der Waals surface area contributed by atoms with Crippen molar-refractivity contribution < 1.29 is 32.2 Å². The first-order valence-corrected chi connectivity index (χ1v) is 12.8. The normalized spacial score (nSPS) is 12.5. The third-order valence-electron chi connectivity index (χ3n) is 4.72. The number of hydrogen-bond acceptors (Lipinski definition) is 7. The van der Waals surface area contributed by atoms with Crippen molar-refractivity contribution in [3.8, 4) is 11.5 Å². The number of nitrogens with one attached hydrogen (secondary N) is 2. The first-order valence-electron chi connectivity index (χ1n) is 10.2. The summed E-state index contributed by atoms with van der Waals surface area (Å²) in [6.45, 7) is 0.230. The molecule has 1 aliphatic rings. The van der Waals surface area contributed by atoms with Crippen molar-refractivity contribution >= 4 is 60.8 Å². The zero-order valence-corrected chi connectivity index (χ0v) is 21.1. The Labute approximate surface area is 214 Å². The van der Waals surface area contributed by atoms with Crippen LogP contribution in [-0.2, 0) is 19.6 Å². The lowest BCUT2D eigenvalue weighted by atomic mass is 10.2. The highest BCUT2D eigenvalue weighted by atomic mass is 79.9. The molecule has 0 atom stereocenters. The maximum Gasteiger partial charge on any atom is 0.340 e. The van der Waals surface area contributed by atoms with E-state index in [0.29, 0.717) is 36.1 Å². The fourth-order valence-electron chi connectivity index (χ4n) is 3.09. The lowest BCUT2D eigenvalue weighted by Crippen LogP contribution is -2.22. The van der Waals surface area contributed by atoms with Crippen LogP contribution in [0.4, 0.5) is 11.4 Å². The van der Waals surface area contributed by atoms with Crippen molar-refractivity contribution in [2.24, 2.45) is 0 Å². The van der Waals surface area contributed by atoms with Gasteiger partial charge in [0, 0.05) is 21.9 Å². The average molecular weight is 582 g/mol. The van der Waals surface area contributed by atoms with E-state index >= 15 is 0 Å². The van der Waals surface area contributed by atoms with Gasteiger partial charge in [-0.25, -0.2) is 13.2 Å². The summed E-state index contributed by atoms with van der Waals surface area (Å²) in [6, 6.07) is 15.0. The van der Waals surface area contributed by atoms with Crippen LogP contribution < -0.4 is 19.5 Å². The molecular formula is C23H18BrClN2O7S. The molecule has 3 aromatic carbocycles. The SMILES string of the molecule is O=C(COC(=O)c1cc(S(=O)(=O)Nc2ccc(Br)cc2)ccc1Cl)Nc1ccc2c(c1)OCCO2. The monoisotopic (exact) mass is 580 g/mol. The van der Waals surface area contributed by atoms with E-state index in [1.165, 1.54) is 12.1 Å². The van der Waals surface area contributed by atoms with Crippen molar-refractivity contribution in [2.75, 3.05) is 29.9 Å². The van der Waals surface area contributed by atoms with E-state index in [4.69, 9.17) is 25.8 Å². The van der Waals surface area contributed by atoms with Gasteiger partial charge in [-0.1, -0.05) is 27.5 Å². The summed E-state index contributed by atoms with van der Waals surface area (Å²) in [4.78, 5) is 24.6. The molecule has 0 spiro atoms. The van der Waals surface area contributed by atoms with E-state index in [-0.39, 0.29) is 15.5 Å². The van der Waals surface area contributed by atoms with E-state index in [1.807, 2.05) is 0 Å². The minimum atomic E-state index is -4.01. The molecule has 1 amide bonds. The second kappa shape index (κ2) is 10.5. The van der Waals surface area contributed by atoms with Crippen LogP contribution in [0.1, 0.15) is 10.4 Å². The van der Waals surface area contributed by atoms with Crippen molar-refractivity contribution in [2.45, 2.75) is 4.90 Å². The lowest BCUT2D eigenvalue weighted by Gasteiger charge is -2.19. The molecule has 1 aliphatic heterocycles. The third kappa shape index (κ3) is 6.24. The molecule has 35 heavy (non-hydrogen) atoms. The summed E-state index contributed by atoms with van der Waals surface area (Å²) in [6.07, 6.45) is 0. The Morgan fingerprint density at radius 2 is 1.63 bits per heavy atom. The molecule has 12 heteroatoms. The molecule has 0 radical (unpaired) electrons. The number of esters is 1. The van der Waals surface area contributed by atoms with Crippen LogP contribution in [-0.4, -0.2) is 40.1 Å². The number of rotatable bonds is 7. The van der Waals surface area contributed by atoms with Gasteiger partial charge in [-0.05, 0) is 54.6 Å². The Hall–Kier alpha value is -3.28.